The second-order valence-corrected chi connectivity index (χ2v) is 5.61. The number of nitrogens with zero attached hydrogens (tertiary/aromatic N) is 1. The highest BCUT2D eigenvalue weighted by Crippen LogP contribution is 2.31. The maximum atomic E-state index is 13.5. The Morgan fingerprint density at radius 3 is 2.62 bits per heavy atom. The summed E-state index contributed by atoms with van der Waals surface area (Å²) in [7, 11) is 0. The molecule has 0 amide bonds. The number of aromatic hydroxyl groups is 1. The van der Waals surface area contributed by atoms with Gasteiger partial charge in [0, 0.05) is 6.07 Å². The Labute approximate surface area is 152 Å². The number of carbonyl (C=O) groups is 2. The van der Waals surface area contributed by atoms with Gasteiger partial charge < -0.3 is 9.84 Å². The summed E-state index contributed by atoms with van der Waals surface area (Å²) in [5.74, 6) is -2.21. The predicted molar refractivity (Wildman–Crippen MR) is 92.6 cm³/mol. The molecule has 130 valence electrons. The lowest BCUT2D eigenvalue weighted by Gasteiger charge is -2.10. The zero-order chi connectivity index (χ0) is 18.7. The van der Waals surface area contributed by atoms with E-state index >= 15 is 0 Å². The number of phenols is 1. The molecule has 1 heterocycles. The zero-order valence-corrected chi connectivity index (χ0v) is 13.9. The van der Waals surface area contributed by atoms with E-state index in [0.29, 0.717) is 6.29 Å². The van der Waals surface area contributed by atoms with E-state index in [2.05, 4.69) is 4.98 Å². The third-order valence-electron chi connectivity index (χ3n) is 3.52. The Morgan fingerprint density at radius 2 is 1.85 bits per heavy atom. The highest BCUT2D eigenvalue weighted by molar-refractivity contribution is 6.32. The summed E-state index contributed by atoms with van der Waals surface area (Å²) in [6.45, 7) is 0. The number of hydrogen-bond acceptors (Lipinski definition) is 5. The third kappa shape index (κ3) is 3.41. The minimum absolute atomic E-state index is 0.0166. The number of benzene rings is 2. The molecule has 0 fully saturated rings. The van der Waals surface area contributed by atoms with E-state index in [9.17, 15) is 19.1 Å². The fourth-order valence-electron chi connectivity index (χ4n) is 2.27. The number of para-hydroxylation sites is 2. The molecule has 0 spiro atoms. The average Bonchev–Trinajstić information content (AvgIpc) is 2.65. The maximum Gasteiger partial charge on any atom is 0.219 e. The first-order chi connectivity index (χ1) is 12.5. The van der Waals surface area contributed by atoms with Gasteiger partial charge >= 0.3 is 0 Å². The molecule has 0 saturated carbocycles. The van der Waals surface area contributed by atoms with Crippen molar-refractivity contribution in [3.63, 3.8) is 0 Å². The Bertz CT molecular complexity index is 1010. The molecule has 0 aliphatic rings. The van der Waals surface area contributed by atoms with E-state index in [1.165, 1.54) is 36.4 Å². The molecule has 2 aromatic carbocycles. The molecule has 0 aliphatic carbocycles. The van der Waals surface area contributed by atoms with Crippen molar-refractivity contribution in [2.75, 3.05) is 0 Å². The van der Waals surface area contributed by atoms with Crippen molar-refractivity contribution in [2.45, 2.75) is 0 Å². The van der Waals surface area contributed by atoms with Crippen LogP contribution >= 0.6 is 11.6 Å². The van der Waals surface area contributed by atoms with Gasteiger partial charge in [-0.15, -0.1) is 0 Å². The van der Waals surface area contributed by atoms with Crippen LogP contribution in [0.25, 0.3) is 0 Å². The Hall–Kier alpha value is -3.25. The number of aldehydes is 1. The van der Waals surface area contributed by atoms with Crippen LogP contribution in [-0.2, 0) is 0 Å². The zero-order valence-electron chi connectivity index (χ0n) is 13.1. The smallest absolute Gasteiger partial charge is 0.219 e. The highest BCUT2D eigenvalue weighted by Gasteiger charge is 2.18. The van der Waals surface area contributed by atoms with Crippen LogP contribution in [0.4, 0.5) is 4.39 Å². The molecule has 0 bridgehead atoms. The molecule has 1 aromatic heterocycles. The summed E-state index contributed by atoms with van der Waals surface area (Å²) in [6, 6.07) is 12.7. The van der Waals surface area contributed by atoms with Gasteiger partial charge in [-0.1, -0.05) is 29.8 Å². The molecule has 0 saturated heterocycles. The van der Waals surface area contributed by atoms with Gasteiger partial charge in [0.2, 0.25) is 11.7 Å². The molecule has 7 heteroatoms. The molecule has 0 atom stereocenters. The Kier molecular flexibility index (Phi) is 4.95. The van der Waals surface area contributed by atoms with E-state index in [0.717, 1.165) is 6.07 Å². The van der Waals surface area contributed by atoms with E-state index < -0.39 is 17.3 Å². The SMILES string of the molecule is O=Cc1cccc(Cl)c1Oc1cccc(C(=O)c2cccc(F)c2O)n1. The number of phenolic OH excluding ortho intramolecular Hbond substituents is 1. The monoisotopic (exact) mass is 371 g/mol. The van der Waals surface area contributed by atoms with Crippen molar-refractivity contribution in [3.8, 4) is 17.4 Å². The number of rotatable bonds is 5. The first-order valence-corrected chi connectivity index (χ1v) is 7.80. The van der Waals surface area contributed by atoms with Crippen molar-refractivity contribution in [2.24, 2.45) is 0 Å². The topological polar surface area (TPSA) is 76.5 Å². The summed E-state index contributed by atoms with van der Waals surface area (Å²) < 4.78 is 19.0. The minimum atomic E-state index is -0.907. The van der Waals surface area contributed by atoms with Crippen LogP contribution in [0, 0.1) is 5.82 Å². The van der Waals surface area contributed by atoms with Crippen molar-refractivity contribution in [1.29, 1.82) is 0 Å². The van der Waals surface area contributed by atoms with Crippen LogP contribution in [-0.4, -0.2) is 22.2 Å². The highest BCUT2D eigenvalue weighted by atomic mass is 35.5. The quantitative estimate of drug-likeness (QED) is 0.531. The summed E-state index contributed by atoms with van der Waals surface area (Å²) in [5.41, 5.74) is -0.0668. The lowest BCUT2D eigenvalue weighted by molar-refractivity contribution is 0.102. The molecular weight excluding hydrogens is 361 g/mol. The van der Waals surface area contributed by atoms with E-state index in [-0.39, 0.29) is 33.5 Å². The summed E-state index contributed by atoms with van der Waals surface area (Å²) >= 11 is 6.04. The van der Waals surface area contributed by atoms with Gasteiger partial charge in [-0.05, 0) is 30.3 Å². The first-order valence-electron chi connectivity index (χ1n) is 7.42. The maximum absolute atomic E-state index is 13.5. The van der Waals surface area contributed by atoms with E-state index in [1.807, 2.05) is 0 Å². The van der Waals surface area contributed by atoms with Crippen molar-refractivity contribution < 1.29 is 23.8 Å². The normalized spacial score (nSPS) is 10.4. The summed E-state index contributed by atoms with van der Waals surface area (Å²) in [6.07, 6.45) is 0.584. The lowest BCUT2D eigenvalue weighted by Crippen LogP contribution is -2.06. The summed E-state index contributed by atoms with van der Waals surface area (Å²) in [5, 5.41) is 9.93. The Morgan fingerprint density at radius 1 is 1.12 bits per heavy atom. The minimum Gasteiger partial charge on any atom is -0.504 e. The lowest BCUT2D eigenvalue weighted by atomic mass is 10.1. The molecule has 3 rings (SSSR count). The molecule has 0 radical (unpaired) electrons. The second kappa shape index (κ2) is 7.33. The van der Waals surface area contributed by atoms with Crippen LogP contribution in [0.2, 0.25) is 5.02 Å². The van der Waals surface area contributed by atoms with Crippen molar-refractivity contribution in [3.05, 3.63) is 82.3 Å². The Balaban J connectivity index is 1.96. The number of carbonyl (C=O) groups excluding carboxylic acids is 2. The third-order valence-corrected chi connectivity index (χ3v) is 3.82. The van der Waals surface area contributed by atoms with E-state index in [4.69, 9.17) is 16.3 Å². The summed E-state index contributed by atoms with van der Waals surface area (Å²) in [4.78, 5) is 27.7. The largest absolute Gasteiger partial charge is 0.504 e. The van der Waals surface area contributed by atoms with Gasteiger partial charge in [0.15, 0.2) is 23.6 Å². The van der Waals surface area contributed by atoms with Crippen LogP contribution in [0.5, 0.6) is 17.4 Å². The average molecular weight is 372 g/mol. The molecule has 5 nitrogen and oxygen atoms in total. The molecule has 0 aliphatic heterocycles. The predicted octanol–water partition coefficient (Wildman–Crippen LogP) is 4.42. The molecule has 1 N–H and O–H groups in total. The molecular formula is C19H11ClFNO4. The van der Waals surface area contributed by atoms with Crippen LogP contribution in [0.15, 0.2) is 54.6 Å². The van der Waals surface area contributed by atoms with Gasteiger partial charge in [-0.3, -0.25) is 9.59 Å². The number of ketones is 1. The second-order valence-electron chi connectivity index (χ2n) is 5.20. The number of ether oxygens (including phenoxy) is 1. The first kappa shape index (κ1) is 17.6. The molecule has 26 heavy (non-hydrogen) atoms. The number of pyridine rings is 1. The van der Waals surface area contributed by atoms with E-state index in [1.54, 1.807) is 12.1 Å². The molecule has 3 aromatic rings. The van der Waals surface area contributed by atoms with Crippen molar-refractivity contribution >= 4 is 23.7 Å². The number of halogens is 2. The standard InChI is InChI=1S/C19H11ClFNO4/c20-13-6-1-4-11(10-23)19(13)26-16-9-3-8-15(22-16)18(25)12-5-2-7-14(21)17(12)24/h1-10,24H. The van der Waals surface area contributed by atoms with Gasteiger partial charge in [-0.2, -0.15) is 0 Å². The van der Waals surface area contributed by atoms with Gasteiger partial charge in [-0.25, -0.2) is 9.37 Å². The van der Waals surface area contributed by atoms with Crippen LogP contribution in [0.3, 0.4) is 0 Å². The molecule has 0 unspecified atom stereocenters. The van der Waals surface area contributed by atoms with Gasteiger partial charge in [0.1, 0.15) is 5.69 Å². The fourth-order valence-corrected chi connectivity index (χ4v) is 2.49. The number of aromatic nitrogens is 1. The van der Waals surface area contributed by atoms with Crippen molar-refractivity contribution in [1.82, 2.24) is 4.98 Å². The fraction of sp³-hybridized carbons (Fsp3) is 0. The van der Waals surface area contributed by atoms with Gasteiger partial charge in [0.05, 0.1) is 16.1 Å². The van der Waals surface area contributed by atoms with Gasteiger partial charge in [0.25, 0.3) is 0 Å². The van der Waals surface area contributed by atoms with Crippen LogP contribution < -0.4 is 4.74 Å². The van der Waals surface area contributed by atoms with Crippen LogP contribution in [0.1, 0.15) is 26.4 Å². The number of hydrogen-bond donors (Lipinski definition) is 1.